The third-order valence-corrected chi connectivity index (χ3v) is 2.84. The van der Waals surface area contributed by atoms with Crippen LogP contribution in [-0.4, -0.2) is 35.5 Å². The zero-order valence-corrected chi connectivity index (χ0v) is 12.4. The molecule has 110 valence electrons. The molecule has 0 saturated carbocycles. The van der Waals surface area contributed by atoms with Crippen molar-refractivity contribution in [3.05, 3.63) is 22.6 Å². The molecule has 0 bridgehead atoms. The molecule has 0 aliphatic heterocycles. The number of hydrogen-bond acceptors (Lipinski definition) is 4. The molecule has 0 fully saturated rings. The van der Waals surface area contributed by atoms with E-state index in [9.17, 15) is 14.4 Å². The van der Waals surface area contributed by atoms with Crippen molar-refractivity contribution in [2.24, 2.45) is 0 Å². The Morgan fingerprint density at radius 2 is 2.10 bits per heavy atom. The molecule has 1 atom stereocenters. The molecule has 0 unspecified atom stereocenters. The van der Waals surface area contributed by atoms with E-state index in [-0.39, 0.29) is 12.3 Å². The molecule has 0 aliphatic rings. The molecule has 2 amide bonds. The Labute approximate surface area is 123 Å². The van der Waals surface area contributed by atoms with Gasteiger partial charge in [0, 0.05) is 0 Å². The van der Waals surface area contributed by atoms with E-state index in [1.807, 2.05) is 6.92 Å². The van der Waals surface area contributed by atoms with Crippen molar-refractivity contribution < 1.29 is 23.9 Å². The lowest BCUT2D eigenvalue weighted by Crippen LogP contribution is -2.45. The zero-order valence-electron chi connectivity index (χ0n) is 10.8. The summed E-state index contributed by atoms with van der Waals surface area (Å²) in [7, 11) is 0. The second-order valence-corrected chi connectivity index (χ2v) is 4.82. The van der Waals surface area contributed by atoms with Crippen LogP contribution < -0.4 is 10.6 Å². The van der Waals surface area contributed by atoms with Crippen molar-refractivity contribution in [1.29, 1.82) is 0 Å². The Bertz CT molecular complexity index is 500. The number of aliphatic carboxylic acids is 1. The molecule has 0 aliphatic carbocycles. The van der Waals surface area contributed by atoms with E-state index in [4.69, 9.17) is 9.52 Å². The number of hydrogen-bond donors (Lipinski definition) is 3. The average molecular weight is 347 g/mol. The number of furan rings is 1. The van der Waals surface area contributed by atoms with Crippen LogP contribution in [0, 0.1) is 0 Å². The van der Waals surface area contributed by atoms with E-state index in [1.165, 1.54) is 6.07 Å². The molecule has 0 saturated heterocycles. The minimum atomic E-state index is -1.10. The van der Waals surface area contributed by atoms with Crippen LogP contribution in [0.25, 0.3) is 0 Å². The molecule has 3 N–H and O–H groups in total. The summed E-state index contributed by atoms with van der Waals surface area (Å²) in [6.45, 7) is 1.50. The predicted octanol–water partition coefficient (Wildman–Crippen LogP) is 1.14. The van der Waals surface area contributed by atoms with Crippen molar-refractivity contribution in [3.63, 3.8) is 0 Å². The Morgan fingerprint density at radius 1 is 1.40 bits per heavy atom. The van der Waals surface area contributed by atoms with Gasteiger partial charge in [0.15, 0.2) is 10.4 Å². The summed E-state index contributed by atoms with van der Waals surface area (Å²) in [6, 6.07) is 2.06. The molecule has 1 aromatic heterocycles. The van der Waals surface area contributed by atoms with E-state index in [0.717, 1.165) is 0 Å². The van der Waals surface area contributed by atoms with Gasteiger partial charge in [0.2, 0.25) is 5.91 Å². The van der Waals surface area contributed by atoms with Crippen molar-refractivity contribution in [3.8, 4) is 0 Å². The van der Waals surface area contributed by atoms with Crippen molar-refractivity contribution >= 4 is 33.7 Å². The van der Waals surface area contributed by atoms with Crippen LogP contribution >= 0.6 is 15.9 Å². The summed E-state index contributed by atoms with van der Waals surface area (Å²) < 4.78 is 5.42. The van der Waals surface area contributed by atoms with Gasteiger partial charge < -0.3 is 20.2 Å². The Balaban J connectivity index is 2.42. The number of halogens is 1. The molecule has 20 heavy (non-hydrogen) atoms. The van der Waals surface area contributed by atoms with Gasteiger partial charge in [-0.2, -0.15) is 0 Å². The minimum absolute atomic E-state index is 0.0630. The molecule has 0 aromatic carbocycles. The molecular formula is C12H15BrN2O5. The number of nitrogens with one attached hydrogen (secondary N) is 2. The van der Waals surface area contributed by atoms with Crippen LogP contribution in [0.1, 0.15) is 30.3 Å². The summed E-state index contributed by atoms with van der Waals surface area (Å²) >= 11 is 3.06. The van der Waals surface area contributed by atoms with E-state index >= 15 is 0 Å². The molecule has 7 nitrogen and oxygen atoms in total. The van der Waals surface area contributed by atoms with Gasteiger partial charge in [0.05, 0.1) is 6.54 Å². The summed E-state index contributed by atoms with van der Waals surface area (Å²) in [5.41, 5.74) is 0. The highest BCUT2D eigenvalue weighted by molar-refractivity contribution is 9.10. The summed E-state index contributed by atoms with van der Waals surface area (Å²) in [5, 5.41) is 13.6. The number of rotatable bonds is 7. The van der Waals surface area contributed by atoms with Gasteiger partial charge in [-0.1, -0.05) is 13.3 Å². The first-order chi connectivity index (χ1) is 9.43. The molecule has 1 heterocycles. The number of carboxylic acids is 1. The first-order valence-electron chi connectivity index (χ1n) is 5.99. The lowest BCUT2D eigenvalue weighted by molar-refractivity contribution is -0.141. The molecule has 1 aromatic rings. The first kappa shape index (κ1) is 16.2. The number of carbonyl (C=O) groups is 3. The topological polar surface area (TPSA) is 109 Å². The highest BCUT2D eigenvalue weighted by Gasteiger charge is 2.19. The fraction of sp³-hybridized carbons (Fsp3) is 0.417. The average Bonchev–Trinajstić information content (AvgIpc) is 2.82. The largest absolute Gasteiger partial charge is 0.480 e. The number of carboxylic acid groups (broad SMARTS) is 1. The second-order valence-electron chi connectivity index (χ2n) is 4.03. The predicted molar refractivity (Wildman–Crippen MR) is 73.2 cm³/mol. The highest BCUT2D eigenvalue weighted by Crippen LogP contribution is 2.13. The van der Waals surface area contributed by atoms with Gasteiger partial charge >= 0.3 is 5.97 Å². The van der Waals surface area contributed by atoms with Gasteiger partial charge in [0.1, 0.15) is 6.04 Å². The van der Waals surface area contributed by atoms with E-state index in [1.54, 1.807) is 6.07 Å². The Kier molecular flexibility index (Phi) is 6.23. The molecule has 0 radical (unpaired) electrons. The second kappa shape index (κ2) is 7.68. The fourth-order valence-electron chi connectivity index (χ4n) is 1.48. The number of carbonyl (C=O) groups excluding carboxylic acids is 2. The SMILES string of the molecule is CCC[C@H](NC(=O)CNC(=O)c1ccc(Br)o1)C(=O)O. The van der Waals surface area contributed by atoms with Gasteiger partial charge in [-0.3, -0.25) is 9.59 Å². The number of amides is 2. The maximum Gasteiger partial charge on any atom is 0.326 e. The van der Waals surface area contributed by atoms with Crippen molar-refractivity contribution in [2.75, 3.05) is 6.54 Å². The normalized spacial score (nSPS) is 11.7. The van der Waals surface area contributed by atoms with Gasteiger partial charge in [-0.05, 0) is 34.5 Å². The highest BCUT2D eigenvalue weighted by atomic mass is 79.9. The van der Waals surface area contributed by atoms with Crippen LogP contribution in [0.5, 0.6) is 0 Å². The lowest BCUT2D eigenvalue weighted by atomic mass is 10.1. The van der Waals surface area contributed by atoms with Crippen molar-refractivity contribution in [1.82, 2.24) is 10.6 Å². The fourth-order valence-corrected chi connectivity index (χ4v) is 1.78. The molecule has 1 rings (SSSR count). The smallest absolute Gasteiger partial charge is 0.326 e. The minimum Gasteiger partial charge on any atom is -0.480 e. The van der Waals surface area contributed by atoms with Crippen LogP contribution in [0.2, 0.25) is 0 Å². The van der Waals surface area contributed by atoms with Gasteiger partial charge in [-0.25, -0.2) is 4.79 Å². The molecule has 8 heteroatoms. The third-order valence-electron chi connectivity index (χ3n) is 2.42. The van der Waals surface area contributed by atoms with Gasteiger partial charge in [0.25, 0.3) is 5.91 Å². The third kappa shape index (κ3) is 5.04. The van der Waals surface area contributed by atoms with Crippen LogP contribution in [0.3, 0.4) is 0 Å². The van der Waals surface area contributed by atoms with E-state index in [2.05, 4.69) is 26.6 Å². The first-order valence-corrected chi connectivity index (χ1v) is 6.79. The van der Waals surface area contributed by atoms with E-state index in [0.29, 0.717) is 17.5 Å². The maximum absolute atomic E-state index is 11.6. The Morgan fingerprint density at radius 3 is 2.60 bits per heavy atom. The standard InChI is InChI=1S/C12H15BrN2O5/c1-2-3-7(12(18)19)15-10(16)6-14-11(17)8-4-5-9(13)20-8/h4-5,7H,2-3,6H2,1H3,(H,14,17)(H,15,16)(H,18,19)/t7-/m0/s1. The maximum atomic E-state index is 11.6. The monoisotopic (exact) mass is 346 g/mol. The van der Waals surface area contributed by atoms with Gasteiger partial charge in [-0.15, -0.1) is 0 Å². The lowest BCUT2D eigenvalue weighted by Gasteiger charge is -2.13. The van der Waals surface area contributed by atoms with Crippen LogP contribution in [0.15, 0.2) is 21.2 Å². The van der Waals surface area contributed by atoms with Crippen LogP contribution in [0.4, 0.5) is 0 Å². The summed E-state index contributed by atoms with van der Waals surface area (Å²) in [5.74, 6) is -2.15. The zero-order chi connectivity index (χ0) is 15.1. The van der Waals surface area contributed by atoms with E-state index < -0.39 is 23.8 Å². The molecule has 0 spiro atoms. The van der Waals surface area contributed by atoms with Crippen LogP contribution in [-0.2, 0) is 9.59 Å². The van der Waals surface area contributed by atoms with Crippen molar-refractivity contribution in [2.45, 2.75) is 25.8 Å². The quantitative estimate of drug-likeness (QED) is 0.685. The Hall–Kier alpha value is -1.83. The summed E-state index contributed by atoms with van der Waals surface area (Å²) in [4.78, 5) is 34.0. The summed E-state index contributed by atoms with van der Waals surface area (Å²) in [6.07, 6.45) is 0.962. The molecular weight excluding hydrogens is 332 g/mol.